The van der Waals surface area contributed by atoms with Gasteiger partial charge in [0, 0.05) is 45.8 Å². The van der Waals surface area contributed by atoms with Gasteiger partial charge in [-0.25, -0.2) is 15.0 Å². The number of aromatic nitrogens is 6. The number of halogens is 1. The zero-order valence-electron chi connectivity index (χ0n) is 37.8. The second-order valence-electron chi connectivity index (χ2n) is 16.4. The molecule has 2 N–H and O–H groups in total. The van der Waals surface area contributed by atoms with Gasteiger partial charge in [0.2, 0.25) is 0 Å². The third kappa shape index (κ3) is 11.8. The highest BCUT2D eigenvalue weighted by Gasteiger charge is 2.23. The molecule has 0 aliphatic carbocycles. The number of hydrogen-bond acceptors (Lipinski definition) is 9. The Labute approximate surface area is 387 Å². The molecule has 63 heavy (non-hydrogen) atoms. The Balaban J connectivity index is 0.993. The van der Waals surface area contributed by atoms with Crippen molar-refractivity contribution in [3.63, 3.8) is 0 Å². The highest BCUT2D eigenvalue weighted by Crippen LogP contribution is 2.28. The summed E-state index contributed by atoms with van der Waals surface area (Å²) in [4.78, 5) is 22.8. The van der Waals surface area contributed by atoms with Crippen LogP contribution in [0.1, 0.15) is 70.9 Å². The van der Waals surface area contributed by atoms with E-state index in [0.29, 0.717) is 39.5 Å². The Hall–Kier alpha value is -4.54. The van der Waals surface area contributed by atoms with Gasteiger partial charge in [0.15, 0.2) is 0 Å². The number of aryl methyl sites for hydroxylation is 3. The molecule has 13 heteroatoms. The third-order valence-electron chi connectivity index (χ3n) is 11.6. The van der Waals surface area contributed by atoms with Crippen molar-refractivity contribution in [2.24, 2.45) is 0 Å². The van der Waals surface area contributed by atoms with Crippen LogP contribution in [-0.4, -0.2) is 95.1 Å². The summed E-state index contributed by atoms with van der Waals surface area (Å²) in [6.45, 7) is 19.3. The van der Waals surface area contributed by atoms with E-state index in [1.165, 1.54) is 16.6 Å². The van der Waals surface area contributed by atoms with Gasteiger partial charge in [-0.1, -0.05) is 98.8 Å². The van der Waals surface area contributed by atoms with E-state index in [9.17, 15) is 0 Å². The summed E-state index contributed by atoms with van der Waals surface area (Å²) in [6, 6.07) is 33.6. The van der Waals surface area contributed by atoms with Crippen LogP contribution in [0.3, 0.4) is 0 Å². The highest BCUT2D eigenvalue weighted by atomic mass is 127. The van der Waals surface area contributed by atoms with E-state index in [1.807, 2.05) is 12.1 Å². The average molecular weight is 967 g/mol. The molecule has 0 aliphatic heterocycles. The number of nitrogen functional groups attached to an aromatic ring is 1. The lowest BCUT2D eigenvalue weighted by molar-refractivity contribution is 0.0283. The number of imidazole rings is 3. The first-order valence-electron chi connectivity index (χ1n) is 23.1. The van der Waals surface area contributed by atoms with Gasteiger partial charge in [0.1, 0.15) is 17.5 Å². The first-order chi connectivity index (χ1) is 30.9. The summed E-state index contributed by atoms with van der Waals surface area (Å²) in [7, 11) is 0. The van der Waals surface area contributed by atoms with E-state index in [1.54, 1.807) is 0 Å². The van der Waals surface area contributed by atoms with Crippen molar-refractivity contribution in [2.75, 3.05) is 63.2 Å². The number of nitrogens with zero attached hydrogens (tertiary/aromatic N) is 9. The molecule has 3 aromatic heterocycles. The molecule has 0 fully saturated rings. The molecular formula is C50H67IN10O2. The topological polar surface area (TPSA) is 108 Å². The van der Waals surface area contributed by atoms with Crippen molar-refractivity contribution in [2.45, 2.75) is 96.7 Å². The molecule has 0 saturated carbocycles. The number of ether oxygens (including phenoxy) is 2. The summed E-state index contributed by atoms with van der Waals surface area (Å²) in [6.07, 6.45) is 4.15. The molecule has 4 aromatic carbocycles. The van der Waals surface area contributed by atoms with Crippen LogP contribution in [0, 0.1) is 0 Å². The molecule has 3 heterocycles. The Bertz CT molecular complexity index is 2390. The molecule has 0 bridgehead atoms. The normalized spacial score (nSPS) is 12.5. The molecule has 0 radical (unpaired) electrons. The van der Waals surface area contributed by atoms with Crippen LogP contribution in [0.25, 0.3) is 33.1 Å². The molecule has 0 amide bonds. The minimum atomic E-state index is 0.194. The molecule has 0 spiro atoms. The Morgan fingerprint density at radius 2 is 0.937 bits per heavy atom. The van der Waals surface area contributed by atoms with Crippen molar-refractivity contribution in [1.29, 1.82) is 0 Å². The lowest BCUT2D eigenvalue weighted by Crippen LogP contribution is -2.42. The number of fused-ring (bicyclic) bond motifs is 3. The van der Waals surface area contributed by atoms with E-state index >= 15 is 0 Å². The Kier molecular flexibility index (Phi) is 17.3. The fraction of sp³-hybridized carbons (Fsp3) is 0.460. The monoisotopic (exact) mass is 966 g/mol. The molecule has 1 unspecified atom stereocenters. The minimum absolute atomic E-state index is 0.194. The van der Waals surface area contributed by atoms with Crippen LogP contribution in [0.2, 0.25) is 0 Å². The summed E-state index contributed by atoms with van der Waals surface area (Å²) in [5, 5.41) is 0. The van der Waals surface area contributed by atoms with Gasteiger partial charge < -0.3 is 33.8 Å². The van der Waals surface area contributed by atoms with Gasteiger partial charge in [-0.2, -0.15) is 0 Å². The first kappa shape index (κ1) is 46.5. The molecular weight excluding hydrogens is 900 g/mol. The van der Waals surface area contributed by atoms with Gasteiger partial charge in [-0.3, -0.25) is 9.80 Å². The van der Waals surface area contributed by atoms with Gasteiger partial charge in [-0.15, -0.1) is 0 Å². The Morgan fingerprint density at radius 1 is 0.524 bits per heavy atom. The maximum absolute atomic E-state index is 6.52. The quantitative estimate of drug-likeness (QED) is 0.0177. The van der Waals surface area contributed by atoms with Crippen LogP contribution in [0.15, 0.2) is 97.1 Å². The van der Waals surface area contributed by atoms with E-state index < -0.39 is 0 Å². The number of alkyl halides is 1. The number of anilines is 2. The summed E-state index contributed by atoms with van der Waals surface area (Å²) < 4.78 is 20.0. The van der Waals surface area contributed by atoms with Crippen molar-refractivity contribution in [3.05, 3.63) is 115 Å². The van der Waals surface area contributed by atoms with Crippen molar-refractivity contribution in [1.82, 2.24) is 38.5 Å². The van der Waals surface area contributed by atoms with Crippen molar-refractivity contribution in [3.8, 4) is 0 Å². The largest absolute Gasteiger partial charge is 0.397 e. The number of benzene rings is 4. The zero-order chi connectivity index (χ0) is 44.0. The molecule has 7 rings (SSSR count). The fourth-order valence-electron chi connectivity index (χ4n) is 8.63. The van der Waals surface area contributed by atoms with Crippen LogP contribution in [0.5, 0.6) is 0 Å². The van der Waals surface area contributed by atoms with Gasteiger partial charge in [-0.05, 0) is 74.2 Å². The lowest BCUT2D eigenvalue weighted by Gasteiger charge is -2.34. The molecule has 1 atom stereocenters. The standard InChI is InChI=1S/C50H67IN10O2/c1-5-25-58(43-21-13-9-17-39(43)52)47(51)35-56(36-48-53-40-18-10-14-22-44(40)59(48)26-6-2)29-31-62-33-34-63-32-30-57(37-49-54-41-19-11-15-23-45(41)60(49)27-7-3)38-50-55-42-20-12-16-24-46(42)61(50)28-8-4/h9-24,47H,5-8,25-38,52H2,1-4H3. The second-order valence-corrected chi connectivity index (χ2v) is 17.8. The van der Waals surface area contributed by atoms with E-state index in [0.717, 1.165) is 123 Å². The maximum Gasteiger partial charge on any atom is 0.124 e. The Morgan fingerprint density at radius 3 is 1.38 bits per heavy atom. The molecule has 336 valence electrons. The summed E-state index contributed by atoms with van der Waals surface area (Å²) in [5.41, 5.74) is 15.1. The third-order valence-corrected chi connectivity index (χ3v) is 12.6. The predicted molar refractivity (Wildman–Crippen MR) is 267 cm³/mol. The molecule has 12 nitrogen and oxygen atoms in total. The first-order valence-corrected chi connectivity index (χ1v) is 24.3. The van der Waals surface area contributed by atoms with E-state index in [-0.39, 0.29) is 4.05 Å². The van der Waals surface area contributed by atoms with Crippen LogP contribution in [-0.2, 0) is 48.7 Å². The van der Waals surface area contributed by atoms with Gasteiger partial charge >= 0.3 is 0 Å². The number of nitrogens with two attached hydrogens (primary N) is 1. The second kappa shape index (κ2) is 23.4. The van der Waals surface area contributed by atoms with Gasteiger partial charge in [0.05, 0.1) is 94.6 Å². The summed E-state index contributed by atoms with van der Waals surface area (Å²) >= 11 is 2.59. The maximum atomic E-state index is 6.52. The lowest BCUT2D eigenvalue weighted by atomic mass is 10.2. The number of hydrogen-bond donors (Lipinski definition) is 1. The highest BCUT2D eigenvalue weighted by molar-refractivity contribution is 14.1. The van der Waals surface area contributed by atoms with E-state index in [2.05, 4.69) is 164 Å². The number of para-hydroxylation sites is 8. The average Bonchev–Trinajstić information content (AvgIpc) is 3.94. The van der Waals surface area contributed by atoms with E-state index in [4.69, 9.17) is 30.2 Å². The van der Waals surface area contributed by atoms with Crippen molar-refractivity contribution >= 4 is 67.1 Å². The van der Waals surface area contributed by atoms with Gasteiger partial charge in [0.25, 0.3) is 0 Å². The van der Waals surface area contributed by atoms with Crippen LogP contribution >= 0.6 is 22.6 Å². The van der Waals surface area contributed by atoms with Crippen molar-refractivity contribution < 1.29 is 9.47 Å². The molecule has 0 saturated heterocycles. The smallest absolute Gasteiger partial charge is 0.124 e. The summed E-state index contributed by atoms with van der Waals surface area (Å²) in [5.74, 6) is 3.24. The SMILES string of the molecule is CCCN(c1ccccc1N)C(I)CN(CCOCCOCCN(Cc1nc2ccccc2n1CCC)Cc1nc2ccccc2n1CCC)Cc1nc2ccccc2n1CCC. The molecule has 7 aromatic rings. The minimum Gasteiger partial charge on any atom is -0.397 e. The predicted octanol–water partition coefficient (Wildman–Crippen LogP) is 9.76. The zero-order valence-corrected chi connectivity index (χ0v) is 40.0. The number of rotatable bonds is 27. The van der Waals surface area contributed by atoms with Crippen LogP contribution in [0.4, 0.5) is 11.4 Å². The molecule has 0 aliphatic rings. The fourth-order valence-corrected chi connectivity index (χ4v) is 9.76. The van der Waals surface area contributed by atoms with Crippen LogP contribution < -0.4 is 10.6 Å².